The molecule has 24 heavy (non-hydrogen) atoms. The van der Waals surface area contributed by atoms with Gasteiger partial charge in [-0.3, -0.25) is 9.59 Å². The van der Waals surface area contributed by atoms with Gasteiger partial charge in [-0.1, -0.05) is 13.0 Å². The zero-order chi connectivity index (χ0) is 17.5. The van der Waals surface area contributed by atoms with Gasteiger partial charge in [0.05, 0.1) is 0 Å². The fraction of sp³-hybridized carbons (Fsp3) is 0.579. The first-order valence-electron chi connectivity index (χ1n) is 8.71. The lowest BCUT2D eigenvalue weighted by Gasteiger charge is -2.24. The second kappa shape index (κ2) is 6.20. The summed E-state index contributed by atoms with van der Waals surface area (Å²) in [6.45, 7) is 8.72. The molecule has 130 valence electrons. The van der Waals surface area contributed by atoms with E-state index in [9.17, 15) is 9.59 Å². The third kappa shape index (κ3) is 3.05. The van der Waals surface area contributed by atoms with Crippen molar-refractivity contribution >= 4 is 17.5 Å². The molecule has 5 nitrogen and oxygen atoms in total. The van der Waals surface area contributed by atoms with Crippen LogP contribution in [0.4, 0.5) is 5.69 Å². The summed E-state index contributed by atoms with van der Waals surface area (Å²) < 4.78 is 0. The summed E-state index contributed by atoms with van der Waals surface area (Å²) in [5, 5.41) is 0. The van der Waals surface area contributed by atoms with Crippen LogP contribution in [0, 0.1) is 25.2 Å². The molecule has 1 aromatic rings. The molecule has 3 rings (SSSR count). The number of carbonyl (C=O) groups excluding carboxylic acids is 2. The second-order valence-corrected chi connectivity index (χ2v) is 7.70. The molecule has 0 spiro atoms. The van der Waals surface area contributed by atoms with Crippen LogP contribution in [-0.2, 0) is 9.59 Å². The van der Waals surface area contributed by atoms with Gasteiger partial charge < -0.3 is 15.5 Å². The van der Waals surface area contributed by atoms with Crippen molar-refractivity contribution in [2.75, 3.05) is 31.1 Å². The fourth-order valence-corrected chi connectivity index (χ4v) is 3.87. The van der Waals surface area contributed by atoms with Gasteiger partial charge in [0, 0.05) is 25.3 Å². The van der Waals surface area contributed by atoms with E-state index in [1.807, 2.05) is 30.9 Å². The second-order valence-electron chi connectivity index (χ2n) is 7.70. The monoisotopic (exact) mass is 329 g/mol. The first kappa shape index (κ1) is 17.0. The standard InChI is InChI=1S/C19H27N3O2/c1-13-8-14(2)10-15(9-13)22-6-4-16(18(22)24)17(23)21-7-5-19(3,11-20)12-21/h8-10,16H,4-7,11-12,20H2,1-3H3. The quantitative estimate of drug-likeness (QED) is 0.861. The summed E-state index contributed by atoms with van der Waals surface area (Å²) in [4.78, 5) is 29.2. The highest BCUT2D eigenvalue weighted by Gasteiger charge is 2.43. The van der Waals surface area contributed by atoms with E-state index < -0.39 is 5.92 Å². The van der Waals surface area contributed by atoms with Gasteiger partial charge in [-0.25, -0.2) is 0 Å². The molecule has 2 aliphatic heterocycles. The number of nitrogens with two attached hydrogens (primary N) is 1. The molecular weight excluding hydrogens is 302 g/mol. The first-order valence-corrected chi connectivity index (χ1v) is 8.71. The van der Waals surface area contributed by atoms with Crippen molar-refractivity contribution in [3.05, 3.63) is 29.3 Å². The summed E-state index contributed by atoms with van der Waals surface area (Å²) in [5.41, 5.74) is 8.98. The fourth-order valence-electron chi connectivity index (χ4n) is 3.87. The average Bonchev–Trinajstić information content (AvgIpc) is 3.10. The number of anilines is 1. The van der Waals surface area contributed by atoms with Gasteiger partial charge in [0.15, 0.2) is 0 Å². The van der Waals surface area contributed by atoms with Crippen LogP contribution < -0.4 is 10.6 Å². The highest BCUT2D eigenvalue weighted by atomic mass is 16.2. The van der Waals surface area contributed by atoms with Crippen molar-refractivity contribution in [3.63, 3.8) is 0 Å². The number of benzene rings is 1. The van der Waals surface area contributed by atoms with Gasteiger partial charge in [-0.2, -0.15) is 0 Å². The maximum atomic E-state index is 12.8. The summed E-state index contributed by atoms with van der Waals surface area (Å²) in [5.74, 6) is -0.624. The average molecular weight is 329 g/mol. The van der Waals surface area contributed by atoms with Crippen LogP contribution >= 0.6 is 0 Å². The number of hydrogen-bond donors (Lipinski definition) is 1. The normalized spacial score (nSPS) is 27.2. The number of hydrogen-bond acceptors (Lipinski definition) is 3. The number of amides is 2. The van der Waals surface area contributed by atoms with Crippen LogP contribution in [0.1, 0.15) is 30.9 Å². The van der Waals surface area contributed by atoms with Crippen LogP contribution in [-0.4, -0.2) is 42.9 Å². The minimum atomic E-state index is -0.536. The third-order valence-electron chi connectivity index (χ3n) is 5.38. The van der Waals surface area contributed by atoms with E-state index in [-0.39, 0.29) is 17.2 Å². The van der Waals surface area contributed by atoms with Gasteiger partial charge >= 0.3 is 0 Å². The van der Waals surface area contributed by atoms with E-state index in [2.05, 4.69) is 13.0 Å². The van der Waals surface area contributed by atoms with Gasteiger partial charge in [0.1, 0.15) is 5.92 Å². The van der Waals surface area contributed by atoms with Crippen LogP contribution in [0.3, 0.4) is 0 Å². The van der Waals surface area contributed by atoms with Crippen molar-refractivity contribution < 1.29 is 9.59 Å². The van der Waals surface area contributed by atoms with E-state index >= 15 is 0 Å². The molecule has 2 N–H and O–H groups in total. The highest BCUT2D eigenvalue weighted by molar-refractivity contribution is 6.09. The lowest BCUT2D eigenvalue weighted by Crippen LogP contribution is -2.40. The largest absolute Gasteiger partial charge is 0.341 e. The van der Waals surface area contributed by atoms with Gasteiger partial charge in [-0.05, 0) is 61.9 Å². The zero-order valence-corrected chi connectivity index (χ0v) is 14.8. The highest BCUT2D eigenvalue weighted by Crippen LogP contribution is 2.33. The molecule has 1 aromatic carbocycles. The smallest absolute Gasteiger partial charge is 0.239 e. The Morgan fingerprint density at radius 3 is 2.50 bits per heavy atom. The van der Waals surface area contributed by atoms with Crippen molar-refractivity contribution in [1.82, 2.24) is 4.90 Å². The maximum absolute atomic E-state index is 12.8. The summed E-state index contributed by atoms with van der Waals surface area (Å²) in [6.07, 6.45) is 1.51. The first-order chi connectivity index (χ1) is 11.3. The summed E-state index contributed by atoms with van der Waals surface area (Å²) in [7, 11) is 0. The molecule has 0 aliphatic carbocycles. The van der Waals surface area contributed by atoms with E-state index in [1.165, 1.54) is 0 Å². The molecule has 0 radical (unpaired) electrons. The predicted molar refractivity (Wildman–Crippen MR) is 94.7 cm³/mol. The minimum Gasteiger partial charge on any atom is -0.341 e. The maximum Gasteiger partial charge on any atom is 0.239 e. The van der Waals surface area contributed by atoms with Crippen LogP contribution in [0.15, 0.2) is 18.2 Å². The summed E-state index contributed by atoms with van der Waals surface area (Å²) in [6, 6.07) is 6.11. The van der Waals surface area contributed by atoms with E-state index in [0.717, 1.165) is 23.2 Å². The predicted octanol–water partition coefficient (Wildman–Crippen LogP) is 1.85. The Morgan fingerprint density at radius 1 is 1.25 bits per heavy atom. The molecule has 2 fully saturated rings. The Morgan fingerprint density at radius 2 is 1.92 bits per heavy atom. The Balaban J connectivity index is 1.73. The number of likely N-dealkylation sites (tertiary alicyclic amines) is 1. The molecule has 5 heteroatoms. The van der Waals surface area contributed by atoms with Crippen LogP contribution in [0.2, 0.25) is 0 Å². The minimum absolute atomic E-state index is 0.00927. The number of aryl methyl sites for hydroxylation is 2. The molecule has 0 saturated carbocycles. The SMILES string of the molecule is Cc1cc(C)cc(N2CCC(C(=O)N3CCC(C)(CN)C3)C2=O)c1. The van der Waals surface area contributed by atoms with Gasteiger partial charge in [0.25, 0.3) is 0 Å². The lowest BCUT2D eigenvalue weighted by atomic mass is 9.90. The Kier molecular flexibility index (Phi) is 4.38. The van der Waals surface area contributed by atoms with Crippen LogP contribution in [0.5, 0.6) is 0 Å². The Labute approximate surface area is 143 Å². The van der Waals surface area contributed by atoms with Crippen molar-refractivity contribution in [1.29, 1.82) is 0 Å². The molecule has 0 aromatic heterocycles. The van der Waals surface area contributed by atoms with Crippen molar-refractivity contribution in [2.24, 2.45) is 17.1 Å². The molecule has 2 amide bonds. The Hall–Kier alpha value is -1.88. The molecule has 2 saturated heterocycles. The molecule has 2 heterocycles. The zero-order valence-electron chi connectivity index (χ0n) is 14.8. The van der Waals surface area contributed by atoms with Gasteiger partial charge in [0.2, 0.25) is 11.8 Å². The number of carbonyl (C=O) groups is 2. The van der Waals surface area contributed by atoms with Crippen LogP contribution in [0.25, 0.3) is 0 Å². The third-order valence-corrected chi connectivity index (χ3v) is 5.38. The topological polar surface area (TPSA) is 66.6 Å². The molecule has 0 bridgehead atoms. The van der Waals surface area contributed by atoms with E-state index in [0.29, 0.717) is 32.6 Å². The molecule has 2 aliphatic rings. The number of nitrogens with zero attached hydrogens (tertiary/aromatic N) is 2. The van der Waals surface area contributed by atoms with Crippen molar-refractivity contribution in [3.8, 4) is 0 Å². The molecular formula is C19H27N3O2. The summed E-state index contributed by atoms with van der Waals surface area (Å²) >= 11 is 0. The molecule has 2 unspecified atom stereocenters. The lowest BCUT2D eigenvalue weighted by molar-refractivity contribution is -0.139. The van der Waals surface area contributed by atoms with E-state index in [4.69, 9.17) is 5.73 Å². The number of rotatable bonds is 3. The van der Waals surface area contributed by atoms with Crippen molar-refractivity contribution in [2.45, 2.75) is 33.6 Å². The van der Waals surface area contributed by atoms with E-state index in [1.54, 1.807) is 4.90 Å². The molecule has 2 atom stereocenters. The Bertz CT molecular complexity index is 652. The van der Waals surface area contributed by atoms with Gasteiger partial charge in [-0.15, -0.1) is 0 Å².